The van der Waals surface area contributed by atoms with Gasteiger partial charge in [-0.1, -0.05) is 37.9 Å². The van der Waals surface area contributed by atoms with Crippen molar-refractivity contribution in [3.63, 3.8) is 0 Å². The van der Waals surface area contributed by atoms with Gasteiger partial charge in [0.05, 0.1) is 36.4 Å². The summed E-state index contributed by atoms with van der Waals surface area (Å²) >= 11 is 6.51. The van der Waals surface area contributed by atoms with Crippen molar-refractivity contribution in [3.05, 3.63) is 58.1 Å². The van der Waals surface area contributed by atoms with E-state index >= 15 is 0 Å². The maximum absolute atomic E-state index is 13.7. The molecule has 7 atom stereocenters. The Labute approximate surface area is 320 Å². The Kier molecular flexibility index (Phi) is 10.1. The molecule has 2 aromatic rings. The van der Waals surface area contributed by atoms with Crippen molar-refractivity contribution >= 4 is 33.2 Å². The molecule has 1 saturated carbocycles. The second kappa shape index (κ2) is 14.3. The number of sulfonamides is 1. The van der Waals surface area contributed by atoms with E-state index in [1.54, 1.807) is 13.0 Å². The van der Waals surface area contributed by atoms with Crippen LogP contribution in [0.1, 0.15) is 87.2 Å². The molecule has 53 heavy (non-hydrogen) atoms. The number of ether oxygens (including phenoxy) is 2. The van der Waals surface area contributed by atoms with Crippen LogP contribution in [0, 0.1) is 17.3 Å². The van der Waals surface area contributed by atoms with Crippen LogP contribution < -0.4 is 14.4 Å². The van der Waals surface area contributed by atoms with E-state index in [0.717, 1.165) is 82.2 Å². The highest BCUT2D eigenvalue weighted by Gasteiger charge is 2.56. The molecule has 4 heterocycles. The molecule has 10 nitrogen and oxygen atoms in total. The number of hydrogen-bond acceptors (Lipinski definition) is 9. The minimum absolute atomic E-state index is 0.0486. The van der Waals surface area contributed by atoms with Crippen molar-refractivity contribution in [2.24, 2.45) is 17.3 Å². The zero-order valence-corrected chi connectivity index (χ0v) is 33.2. The van der Waals surface area contributed by atoms with E-state index in [2.05, 4.69) is 38.5 Å². The highest BCUT2D eigenvalue weighted by atomic mass is 35.5. The highest BCUT2D eigenvalue weighted by molar-refractivity contribution is 7.90. The van der Waals surface area contributed by atoms with Gasteiger partial charge in [0.1, 0.15) is 5.75 Å². The predicted molar refractivity (Wildman–Crippen MR) is 207 cm³/mol. The number of nitrogens with one attached hydrogen (secondary N) is 1. The van der Waals surface area contributed by atoms with Gasteiger partial charge in [-0.15, -0.1) is 0 Å². The summed E-state index contributed by atoms with van der Waals surface area (Å²) in [4.78, 5) is 21.1. The Morgan fingerprint density at radius 2 is 1.87 bits per heavy atom. The number of benzene rings is 2. The van der Waals surface area contributed by atoms with Crippen molar-refractivity contribution in [2.75, 3.05) is 70.5 Å². The van der Waals surface area contributed by atoms with Gasteiger partial charge in [0.25, 0.3) is 5.91 Å². The molecule has 2 bridgehead atoms. The third kappa shape index (κ3) is 7.12. The third-order valence-corrected chi connectivity index (χ3v) is 16.3. The molecule has 4 aliphatic heterocycles. The van der Waals surface area contributed by atoms with E-state index < -0.39 is 26.8 Å². The van der Waals surface area contributed by atoms with Crippen molar-refractivity contribution in [1.29, 1.82) is 0 Å². The van der Waals surface area contributed by atoms with Crippen molar-refractivity contribution < 1.29 is 27.8 Å². The fourth-order valence-corrected chi connectivity index (χ4v) is 12.3. The molecular weight excluding hydrogens is 712 g/mol. The third-order valence-electron chi connectivity index (χ3n) is 14.2. The number of piperazine rings is 1. The van der Waals surface area contributed by atoms with Crippen LogP contribution in [-0.4, -0.2) is 112 Å². The standard InChI is InChI=1S/C41H57ClN4O6S/c1-28-6-4-14-41(48,26-44-16-17-45-18-19-51-23-33(45)22-44)37-12-15-39(37,3)24-46-25-40(13-5-7-30-20-32(42)9-10-34(30)40)27-52-36-11-8-31(21-35(36)46)38(47)43-53(49,50)29(28)2/h8-11,20-21,28-29,33,37,48H,4-7,12-19,22-27H2,1-3H3,(H,43,47)/t28-,29+,33-,37+,39?,40-,41+/m0/s1. The highest BCUT2D eigenvalue weighted by Crippen LogP contribution is 2.55. The normalized spacial score (nSPS) is 36.5. The van der Waals surface area contributed by atoms with E-state index in [0.29, 0.717) is 57.3 Å². The number of anilines is 1. The molecule has 2 saturated heterocycles. The van der Waals surface area contributed by atoms with Crippen LogP contribution in [0.25, 0.3) is 0 Å². The maximum atomic E-state index is 13.7. The molecular formula is C41H57ClN4O6S. The SMILES string of the molecule is C[C@@H]1[C@@H](C)CCC[C@@](O)(CN2CCN3CCOC[C@@H]3C2)[C@@H]2CCC2(C)CN2C[C@@]3(CCCc4cc(Cl)ccc43)COc3ccc(cc32)C(=O)NS1(=O)=O. The molecule has 2 N–H and O–H groups in total. The lowest BCUT2D eigenvalue weighted by atomic mass is 9.53. The summed E-state index contributed by atoms with van der Waals surface area (Å²) in [5, 5.41) is 13.0. The number of carbonyl (C=O) groups excluding carboxylic acids is 1. The number of carbonyl (C=O) groups is 1. The summed E-state index contributed by atoms with van der Waals surface area (Å²) in [5.41, 5.74) is 2.15. The molecule has 0 radical (unpaired) electrons. The molecule has 12 heteroatoms. The Balaban J connectivity index is 1.18. The van der Waals surface area contributed by atoms with Crippen LogP contribution in [0.5, 0.6) is 5.75 Å². The first-order valence-corrected chi connectivity index (χ1v) is 21.8. The Bertz CT molecular complexity index is 1830. The lowest BCUT2D eigenvalue weighted by molar-refractivity contribution is -0.148. The molecule has 1 unspecified atom stereocenters. The number of β-amino-alcohol motifs (C(OH)–C–C–N with tert-alkyl or cyclic N) is 1. The molecule has 3 fully saturated rings. The van der Waals surface area contributed by atoms with Gasteiger partial charge in [-0.2, -0.15) is 0 Å². The van der Waals surface area contributed by atoms with Gasteiger partial charge in [0, 0.05) is 67.9 Å². The minimum atomic E-state index is -3.96. The summed E-state index contributed by atoms with van der Waals surface area (Å²) in [6.07, 6.45) is 6.80. The van der Waals surface area contributed by atoms with Gasteiger partial charge in [-0.3, -0.25) is 14.6 Å². The van der Waals surface area contributed by atoms with Gasteiger partial charge >= 0.3 is 0 Å². The molecule has 1 spiro atoms. The number of rotatable bonds is 2. The summed E-state index contributed by atoms with van der Waals surface area (Å²) < 4.78 is 42.2. The van der Waals surface area contributed by atoms with Crippen LogP contribution >= 0.6 is 11.6 Å². The Morgan fingerprint density at radius 1 is 1.02 bits per heavy atom. The largest absolute Gasteiger partial charge is 0.490 e. The number of aliphatic hydroxyl groups is 1. The quantitative estimate of drug-likeness (QED) is 0.424. The number of fused-ring (bicyclic) bond motifs is 5. The fraction of sp³-hybridized carbons (Fsp3) is 0.683. The van der Waals surface area contributed by atoms with Crippen LogP contribution in [-0.2, 0) is 26.6 Å². The van der Waals surface area contributed by atoms with Gasteiger partial charge in [0.2, 0.25) is 10.0 Å². The molecule has 1 amide bonds. The van der Waals surface area contributed by atoms with Crippen LogP contribution in [0.15, 0.2) is 36.4 Å². The topological polar surface area (TPSA) is 112 Å². The van der Waals surface area contributed by atoms with Crippen molar-refractivity contribution in [3.8, 4) is 5.75 Å². The number of aryl methyl sites for hydroxylation is 1. The van der Waals surface area contributed by atoms with E-state index in [1.165, 1.54) is 11.1 Å². The van der Waals surface area contributed by atoms with Crippen LogP contribution in [0.3, 0.4) is 0 Å². The molecule has 6 aliphatic rings. The average molecular weight is 769 g/mol. The lowest BCUT2D eigenvalue weighted by Crippen LogP contribution is -2.64. The number of halogens is 1. The predicted octanol–water partition coefficient (Wildman–Crippen LogP) is 5.25. The molecule has 0 aromatic heterocycles. The average Bonchev–Trinajstić information content (AvgIpc) is 3.26. The molecule has 8 rings (SSSR count). The molecule has 2 aromatic carbocycles. The molecule has 290 valence electrons. The summed E-state index contributed by atoms with van der Waals surface area (Å²) in [6.45, 7) is 13.7. The van der Waals surface area contributed by atoms with Gasteiger partial charge in [-0.25, -0.2) is 13.1 Å². The Hall–Kier alpha value is -2.41. The Morgan fingerprint density at radius 3 is 2.68 bits per heavy atom. The van der Waals surface area contributed by atoms with Gasteiger partial charge in [-0.05, 0) is 111 Å². The van der Waals surface area contributed by atoms with E-state index in [4.69, 9.17) is 21.1 Å². The van der Waals surface area contributed by atoms with Gasteiger partial charge in [0.15, 0.2) is 0 Å². The van der Waals surface area contributed by atoms with Crippen LogP contribution in [0.2, 0.25) is 5.02 Å². The fourth-order valence-electron chi connectivity index (χ4n) is 10.8. The summed E-state index contributed by atoms with van der Waals surface area (Å²) in [7, 11) is -3.96. The number of nitrogens with zero attached hydrogens (tertiary/aromatic N) is 3. The van der Waals surface area contributed by atoms with E-state index in [9.17, 15) is 18.3 Å². The molecule has 2 aliphatic carbocycles. The first kappa shape index (κ1) is 37.5. The number of hydrogen-bond donors (Lipinski definition) is 2. The van der Waals surface area contributed by atoms with E-state index in [1.807, 2.05) is 25.1 Å². The second-order valence-electron chi connectivity index (χ2n) is 17.7. The zero-order valence-electron chi connectivity index (χ0n) is 31.6. The maximum Gasteiger partial charge on any atom is 0.264 e. The second-order valence-corrected chi connectivity index (χ2v) is 20.1. The summed E-state index contributed by atoms with van der Waals surface area (Å²) in [5.74, 6) is -0.0880. The smallest absolute Gasteiger partial charge is 0.264 e. The lowest BCUT2D eigenvalue weighted by Gasteiger charge is -2.58. The van der Waals surface area contributed by atoms with Crippen molar-refractivity contribution in [2.45, 2.75) is 94.4 Å². The number of amides is 1. The minimum Gasteiger partial charge on any atom is -0.490 e. The first-order valence-electron chi connectivity index (χ1n) is 19.9. The monoisotopic (exact) mass is 768 g/mol. The van der Waals surface area contributed by atoms with Crippen molar-refractivity contribution in [1.82, 2.24) is 14.5 Å². The van der Waals surface area contributed by atoms with Crippen LogP contribution in [0.4, 0.5) is 5.69 Å². The number of morpholine rings is 1. The first-order chi connectivity index (χ1) is 25.3. The van der Waals surface area contributed by atoms with E-state index in [-0.39, 0.29) is 28.2 Å². The zero-order chi connectivity index (χ0) is 37.2. The van der Waals surface area contributed by atoms with Gasteiger partial charge < -0.3 is 19.5 Å². The summed E-state index contributed by atoms with van der Waals surface area (Å²) in [6, 6.07) is 11.9.